The van der Waals surface area contributed by atoms with Gasteiger partial charge in [-0.3, -0.25) is 4.98 Å². The molecule has 1 fully saturated rings. The minimum atomic E-state index is 0.460. The third-order valence-corrected chi connectivity index (χ3v) is 4.78. The second-order valence-electron chi connectivity index (χ2n) is 6.01. The van der Waals surface area contributed by atoms with Crippen molar-refractivity contribution in [2.24, 2.45) is 5.92 Å². The third kappa shape index (κ3) is 2.85. The van der Waals surface area contributed by atoms with Gasteiger partial charge in [-0.2, -0.15) is 0 Å². The maximum absolute atomic E-state index is 4.23. The van der Waals surface area contributed by atoms with Crippen LogP contribution in [0.4, 0.5) is 0 Å². The van der Waals surface area contributed by atoms with Gasteiger partial charge in [0.15, 0.2) is 0 Å². The third-order valence-electron chi connectivity index (χ3n) is 4.78. The zero-order chi connectivity index (χ0) is 13.8. The van der Waals surface area contributed by atoms with Crippen molar-refractivity contribution in [2.75, 3.05) is 7.05 Å². The van der Waals surface area contributed by atoms with E-state index in [9.17, 15) is 0 Å². The summed E-state index contributed by atoms with van der Waals surface area (Å²) < 4.78 is 0. The molecule has 2 heteroatoms. The van der Waals surface area contributed by atoms with E-state index in [1.807, 2.05) is 12.4 Å². The molecule has 0 bridgehead atoms. The van der Waals surface area contributed by atoms with E-state index in [4.69, 9.17) is 0 Å². The van der Waals surface area contributed by atoms with E-state index < -0.39 is 0 Å². The maximum Gasteiger partial charge on any atom is 0.0346 e. The molecule has 106 valence electrons. The molecule has 3 rings (SSSR count). The van der Waals surface area contributed by atoms with Gasteiger partial charge in [0.05, 0.1) is 0 Å². The van der Waals surface area contributed by atoms with Gasteiger partial charge in [-0.05, 0) is 42.8 Å². The normalized spacial score (nSPS) is 17.6. The van der Waals surface area contributed by atoms with Crippen molar-refractivity contribution in [3.05, 3.63) is 42.2 Å². The molecule has 1 heterocycles. The van der Waals surface area contributed by atoms with Crippen LogP contribution in [-0.2, 0) is 0 Å². The molecule has 1 aliphatic carbocycles. The lowest BCUT2D eigenvalue weighted by molar-refractivity contribution is 0.428. The molecule has 1 atom stereocenters. The van der Waals surface area contributed by atoms with Gasteiger partial charge in [-0.1, -0.05) is 43.9 Å². The monoisotopic (exact) mass is 268 g/mol. The van der Waals surface area contributed by atoms with Gasteiger partial charge < -0.3 is 5.32 Å². The predicted octanol–water partition coefficient (Wildman–Crippen LogP) is 4.47. The van der Waals surface area contributed by atoms with Crippen molar-refractivity contribution in [1.29, 1.82) is 0 Å². The van der Waals surface area contributed by atoms with Gasteiger partial charge in [0.2, 0.25) is 0 Å². The van der Waals surface area contributed by atoms with E-state index >= 15 is 0 Å². The highest BCUT2D eigenvalue weighted by Gasteiger charge is 2.18. The molecule has 1 saturated carbocycles. The number of nitrogens with zero attached hydrogens (tertiary/aromatic N) is 1. The number of hydrogen-bond acceptors (Lipinski definition) is 2. The molecule has 1 N–H and O–H groups in total. The minimum Gasteiger partial charge on any atom is -0.313 e. The Morgan fingerprint density at radius 1 is 1.25 bits per heavy atom. The standard InChI is InChI=1S/C18H24N2/c1-19-18(10-9-14-5-2-3-6-14)17-8-4-7-15-13-20-12-11-16(15)17/h4,7-8,11-14,18-19H,2-3,5-6,9-10H2,1H3. The van der Waals surface area contributed by atoms with Gasteiger partial charge in [0, 0.05) is 23.8 Å². The summed E-state index contributed by atoms with van der Waals surface area (Å²) in [6.45, 7) is 0. The summed E-state index contributed by atoms with van der Waals surface area (Å²) in [7, 11) is 2.08. The Balaban J connectivity index is 1.79. The van der Waals surface area contributed by atoms with Crippen molar-refractivity contribution < 1.29 is 0 Å². The maximum atomic E-state index is 4.23. The fourth-order valence-electron chi connectivity index (χ4n) is 3.61. The first-order chi connectivity index (χ1) is 9.88. The van der Waals surface area contributed by atoms with Crippen LogP contribution >= 0.6 is 0 Å². The molecule has 1 aromatic carbocycles. The molecule has 0 spiro atoms. The fraction of sp³-hybridized carbons (Fsp3) is 0.500. The van der Waals surface area contributed by atoms with Crippen LogP contribution in [0.1, 0.15) is 50.1 Å². The largest absolute Gasteiger partial charge is 0.313 e. The summed E-state index contributed by atoms with van der Waals surface area (Å²) in [6, 6.07) is 9.17. The molecule has 2 nitrogen and oxygen atoms in total. The molecule has 0 saturated heterocycles. The first-order valence-corrected chi connectivity index (χ1v) is 7.88. The van der Waals surface area contributed by atoms with Gasteiger partial charge in [0.1, 0.15) is 0 Å². The van der Waals surface area contributed by atoms with Gasteiger partial charge >= 0.3 is 0 Å². The van der Waals surface area contributed by atoms with E-state index in [1.54, 1.807) is 0 Å². The summed E-state index contributed by atoms with van der Waals surface area (Å²) in [6.07, 6.45) is 12.2. The smallest absolute Gasteiger partial charge is 0.0346 e. The summed E-state index contributed by atoms with van der Waals surface area (Å²) in [4.78, 5) is 4.23. The van der Waals surface area contributed by atoms with Gasteiger partial charge in [0.25, 0.3) is 0 Å². The lowest BCUT2D eigenvalue weighted by Gasteiger charge is -2.20. The molecule has 1 aliphatic rings. The molecule has 1 aromatic heterocycles. The second kappa shape index (κ2) is 6.36. The van der Waals surface area contributed by atoms with Crippen molar-refractivity contribution in [1.82, 2.24) is 10.3 Å². The van der Waals surface area contributed by atoms with Crippen LogP contribution in [0.15, 0.2) is 36.7 Å². The summed E-state index contributed by atoms with van der Waals surface area (Å²) in [5, 5.41) is 6.10. The lowest BCUT2D eigenvalue weighted by atomic mass is 9.92. The van der Waals surface area contributed by atoms with Crippen LogP contribution in [0.3, 0.4) is 0 Å². The number of hydrogen-bond donors (Lipinski definition) is 1. The first kappa shape index (κ1) is 13.6. The molecule has 0 radical (unpaired) electrons. The molecule has 2 aromatic rings. The molecular formula is C18H24N2. The highest BCUT2D eigenvalue weighted by molar-refractivity contribution is 5.85. The lowest BCUT2D eigenvalue weighted by Crippen LogP contribution is -2.17. The average Bonchev–Trinajstić information content (AvgIpc) is 3.01. The Morgan fingerprint density at radius 2 is 2.10 bits per heavy atom. The molecule has 0 aliphatic heterocycles. The fourth-order valence-corrected chi connectivity index (χ4v) is 3.61. The van der Waals surface area contributed by atoms with Crippen LogP contribution in [0.2, 0.25) is 0 Å². The number of fused-ring (bicyclic) bond motifs is 1. The Kier molecular flexibility index (Phi) is 4.31. The molecule has 1 unspecified atom stereocenters. The predicted molar refractivity (Wildman–Crippen MR) is 84.7 cm³/mol. The quantitative estimate of drug-likeness (QED) is 0.865. The van der Waals surface area contributed by atoms with Gasteiger partial charge in [-0.15, -0.1) is 0 Å². The van der Waals surface area contributed by atoms with Crippen molar-refractivity contribution in [3.8, 4) is 0 Å². The highest BCUT2D eigenvalue weighted by atomic mass is 14.9. The van der Waals surface area contributed by atoms with Crippen LogP contribution in [0.5, 0.6) is 0 Å². The molecular weight excluding hydrogens is 244 g/mol. The SMILES string of the molecule is CNC(CCC1CCCC1)c1cccc2cnccc12. The van der Waals surface area contributed by atoms with E-state index in [2.05, 4.69) is 41.6 Å². The number of benzene rings is 1. The molecule has 20 heavy (non-hydrogen) atoms. The summed E-state index contributed by atoms with van der Waals surface area (Å²) in [5.74, 6) is 0.961. The Bertz CT molecular complexity index is 553. The highest BCUT2D eigenvalue weighted by Crippen LogP contribution is 2.33. The summed E-state index contributed by atoms with van der Waals surface area (Å²) in [5.41, 5.74) is 1.42. The number of aromatic nitrogens is 1. The first-order valence-electron chi connectivity index (χ1n) is 7.88. The van der Waals surface area contributed by atoms with E-state index in [-0.39, 0.29) is 0 Å². The van der Waals surface area contributed by atoms with E-state index in [1.165, 1.54) is 54.9 Å². The topological polar surface area (TPSA) is 24.9 Å². The number of pyridine rings is 1. The second-order valence-corrected chi connectivity index (χ2v) is 6.01. The minimum absolute atomic E-state index is 0.460. The van der Waals surface area contributed by atoms with Gasteiger partial charge in [-0.25, -0.2) is 0 Å². The Morgan fingerprint density at radius 3 is 2.90 bits per heavy atom. The number of nitrogens with one attached hydrogen (secondary N) is 1. The Labute approximate surface area is 121 Å². The summed E-state index contributed by atoms with van der Waals surface area (Å²) >= 11 is 0. The average molecular weight is 268 g/mol. The van der Waals surface area contributed by atoms with Crippen LogP contribution in [-0.4, -0.2) is 12.0 Å². The zero-order valence-corrected chi connectivity index (χ0v) is 12.3. The Hall–Kier alpha value is -1.41. The molecule has 0 amide bonds. The van der Waals surface area contributed by atoms with Crippen LogP contribution < -0.4 is 5.32 Å². The van der Waals surface area contributed by atoms with Crippen molar-refractivity contribution in [2.45, 2.75) is 44.6 Å². The number of rotatable bonds is 5. The van der Waals surface area contributed by atoms with E-state index in [0.29, 0.717) is 6.04 Å². The van der Waals surface area contributed by atoms with Crippen LogP contribution in [0, 0.1) is 5.92 Å². The zero-order valence-electron chi connectivity index (χ0n) is 12.3. The van der Waals surface area contributed by atoms with E-state index in [0.717, 1.165) is 5.92 Å². The van der Waals surface area contributed by atoms with Crippen molar-refractivity contribution >= 4 is 10.8 Å². The van der Waals surface area contributed by atoms with Crippen LogP contribution in [0.25, 0.3) is 10.8 Å². The van der Waals surface area contributed by atoms with Crippen molar-refractivity contribution in [3.63, 3.8) is 0 Å².